The standard InChI is InChI=1S/C18H20N2/c1-13-8-10-15(11-9-13)19-17-16-7-5-4-6-14(16)12-18(2,3)20-17/h4-11H,12H2,1-3H3,(H,19,20). The van der Waals surface area contributed by atoms with Gasteiger partial charge in [0.1, 0.15) is 5.84 Å². The van der Waals surface area contributed by atoms with E-state index in [1.807, 2.05) is 0 Å². The number of fused-ring (bicyclic) bond motifs is 1. The van der Waals surface area contributed by atoms with Gasteiger partial charge in [0, 0.05) is 11.3 Å². The summed E-state index contributed by atoms with van der Waals surface area (Å²) in [5, 5.41) is 3.47. The molecule has 102 valence electrons. The lowest BCUT2D eigenvalue weighted by molar-refractivity contribution is 0.513. The van der Waals surface area contributed by atoms with Crippen LogP contribution in [0.2, 0.25) is 0 Å². The van der Waals surface area contributed by atoms with E-state index in [9.17, 15) is 0 Å². The SMILES string of the molecule is Cc1ccc(NC2=NC(C)(C)Cc3ccccc32)cc1. The summed E-state index contributed by atoms with van der Waals surface area (Å²) in [5.74, 6) is 0.973. The Labute approximate surface area is 120 Å². The Balaban J connectivity index is 1.98. The number of rotatable bonds is 1. The van der Waals surface area contributed by atoms with Crippen LogP contribution in [-0.4, -0.2) is 11.4 Å². The smallest absolute Gasteiger partial charge is 0.133 e. The maximum atomic E-state index is 4.88. The number of aliphatic imine (C=N–C) groups is 1. The Bertz CT molecular complexity index is 651. The van der Waals surface area contributed by atoms with E-state index in [2.05, 4.69) is 74.6 Å². The normalized spacial score (nSPS) is 16.2. The van der Waals surface area contributed by atoms with Gasteiger partial charge in [-0.25, -0.2) is 0 Å². The first-order valence-corrected chi connectivity index (χ1v) is 7.05. The maximum absolute atomic E-state index is 4.88. The average Bonchev–Trinajstić information content (AvgIpc) is 2.40. The Morgan fingerprint density at radius 3 is 2.45 bits per heavy atom. The third-order valence-corrected chi connectivity index (χ3v) is 3.62. The zero-order valence-corrected chi connectivity index (χ0v) is 12.3. The Morgan fingerprint density at radius 2 is 1.70 bits per heavy atom. The minimum absolute atomic E-state index is 0.0542. The Kier molecular flexibility index (Phi) is 3.09. The zero-order valence-electron chi connectivity index (χ0n) is 12.3. The monoisotopic (exact) mass is 264 g/mol. The highest BCUT2D eigenvalue weighted by Crippen LogP contribution is 2.27. The number of amidine groups is 1. The first kappa shape index (κ1) is 12.9. The van der Waals surface area contributed by atoms with Crippen molar-refractivity contribution in [2.24, 2.45) is 4.99 Å². The average molecular weight is 264 g/mol. The Morgan fingerprint density at radius 1 is 1.00 bits per heavy atom. The van der Waals surface area contributed by atoms with Crippen LogP contribution in [0.25, 0.3) is 0 Å². The number of aryl methyl sites for hydroxylation is 1. The summed E-state index contributed by atoms with van der Waals surface area (Å²) in [6, 6.07) is 16.9. The van der Waals surface area contributed by atoms with E-state index in [4.69, 9.17) is 4.99 Å². The molecule has 0 saturated heterocycles. The van der Waals surface area contributed by atoms with Gasteiger partial charge in [-0.15, -0.1) is 0 Å². The fourth-order valence-corrected chi connectivity index (χ4v) is 2.64. The lowest BCUT2D eigenvalue weighted by atomic mass is 9.89. The molecule has 3 rings (SSSR count). The van der Waals surface area contributed by atoms with Crippen molar-refractivity contribution in [1.29, 1.82) is 0 Å². The van der Waals surface area contributed by atoms with Gasteiger partial charge in [0.15, 0.2) is 0 Å². The molecule has 0 atom stereocenters. The van der Waals surface area contributed by atoms with Crippen molar-refractivity contribution in [2.45, 2.75) is 32.7 Å². The van der Waals surface area contributed by atoms with Crippen molar-refractivity contribution < 1.29 is 0 Å². The molecule has 0 amide bonds. The molecule has 2 heteroatoms. The number of hydrogen-bond donors (Lipinski definition) is 1. The molecular formula is C18H20N2. The summed E-state index contributed by atoms with van der Waals surface area (Å²) >= 11 is 0. The number of benzene rings is 2. The maximum Gasteiger partial charge on any atom is 0.133 e. The molecule has 2 aromatic rings. The van der Waals surface area contributed by atoms with Crippen LogP contribution in [0.15, 0.2) is 53.5 Å². The molecule has 2 nitrogen and oxygen atoms in total. The topological polar surface area (TPSA) is 24.4 Å². The van der Waals surface area contributed by atoms with Crippen molar-refractivity contribution in [3.8, 4) is 0 Å². The van der Waals surface area contributed by atoms with Crippen LogP contribution >= 0.6 is 0 Å². The molecule has 0 unspecified atom stereocenters. The van der Waals surface area contributed by atoms with Gasteiger partial charge in [0.25, 0.3) is 0 Å². The molecule has 20 heavy (non-hydrogen) atoms. The largest absolute Gasteiger partial charge is 0.340 e. The predicted molar refractivity (Wildman–Crippen MR) is 85.6 cm³/mol. The van der Waals surface area contributed by atoms with Crippen LogP contribution in [0, 0.1) is 6.92 Å². The molecule has 0 fully saturated rings. The van der Waals surface area contributed by atoms with Gasteiger partial charge in [-0.05, 0) is 44.9 Å². The van der Waals surface area contributed by atoms with Gasteiger partial charge in [-0.1, -0.05) is 42.0 Å². The molecule has 0 aliphatic carbocycles. The second-order valence-corrected chi connectivity index (χ2v) is 6.10. The highest BCUT2D eigenvalue weighted by molar-refractivity contribution is 6.10. The fourth-order valence-electron chi connectivity index (χ4n) is 2.64. The first-order chi connectivity index (χ1) is 9.53. The number of hydrogen-bond acceptors (Lipinski definition) is 2. The van der Waals surface area contributed by atoms with Crippen LogP contribution < -0.4 is 5.32 Å². The van der Waals surface area contributed by atoms with Gasteiger partial charge in [-0.3, -0.25) is 4.99 Å². The van der Waals surface area contributed by atoms with Gasteiger partial charge >= 0.3 is 0 Å². The first-order valence-electron chi connectivity index (χ1n) is 7.05. The highest BCUT2D eigenvalue weighted by Gasteiger charge is 2.26. The van der Waals surface area contributed by atoms with Gasteiger partial charge < -0.3 is 5.32 Å². The molecule has 1 aliphatic rings. The van der Waals surface area contributed by atoms with Crippen molar-refractivity contribution in [3.05, 3.63) is 65.2 Å². The van der Waals surface area contributed by atoms with Crippen molar-refractivity contribution in [1.82, 2.24) is 0 Å². The third-order valence-electron chi connectivity index (χ3n) is 3.62. The van der Waals surface area contributed by atoms with Crippen LogP contribution in [0.5, 0.6) is 0 Å². The second kappa shape index (κ2) is 4.78. The lowest BCUT2D eigenvalue weighted by Crippen LogP contribution is -2.32. The van der Waals surface area contributed by atoms with Gasteiger partial charge in [-0.2, -0.15) is 0 Å². The van der Waals surface area contributed by atoms with E-state index in [0.717, 1.165) is 17.9 Å². The summed E-state index contributed by atoms with van der Waals surface area (Å²) in [6.07, 6.45) is 0.988. The van der Waals surface area contributed by atoms with Crippen LogP contribution in [0.1, 0.15) is 30.5 Å². The van der Waals surface area contributed by atoms with E-state index in [1.54, 1.807) is 0 Å². The van der Waals surface area contributed by atoms with Gasteiger partial charge in [0.05, 0.1) is 5.54 Å². The van der Waals surface area contributed by atoms with Crippen LogP contribution in [-0.2, 0) is 6.42 Å². The van der Waals surface area contributed by atoms with Crippen molar-refractivity contribution >= 4 is 11.5 Å². The van der Waals surface area contributed by atoms with Crippen molar-refractivity contribution in [2.75, 3.05) is 5.32 Å². The number of anilines is 1. The molecule has 0 aromatic heterocycles. The van der Waals surface area contributed by atoms with Crippen LogP contribution in [0.3, 0.4) is 0 Å². The molecule has 0 spiro atoms. The summed E-state index contributed by atoms with van der Waals surface area (Å²) in [6.45, 7) is 6.46. The van der Waals surface area contributed by atoms with E-state index in [-0.39, 0.29) is 5.54 Å². The number of nitrogens with one attached hydrogen (secondary N) is 1. The zero-order chi connectivity index (χ0) is 14.2. The van der Waals surface area contributed by atoms with Crippen LogP contribution in [0.4, 0.5) is 5.69 Å². The minimum Gasteiger partial charge on any atom is -0.340 e. The van der Waals surface area contributed by atoms with E-state index >= 15 is 0 Å². The molecule has 1 heterocycles. The number of nitrogens with zero attached hydrogens (tertiary/aromatic N) is 1. The van der Waals surface area contributed by atoms with E-state index < -0.39 is 0 Å². The van der Waals surface area contributed by atoms with E-state index in [1.165, 1.54) is 16.7 Å². The van der Waals surface area contributed by atoms with Gasteiger partial charge in [0.2, 0.25) is 0 Å². The Hall–Kier alpha value is -2.09. The summed E-state index contributed by atoms with van der Waals surface area (Å²) in [7, 11) is 0. The minimum atomic E-state index is -0.0542. The summed E-state index contributed by atoms with van der Waals surface area (Å²) < 4.78 is 0. The summed E-state index contributed by atoms with van der Waals surface area (Å²) in [4.78, 5) is 4.88. The van der Waals surface area contributed by atoms with E-state index in [0.29, 0.717) is 0 Å². The fraction of sp³-hybridized carbons (Fsp3) is 0.278. The molecule has 1 aliphatic heterocycles. The quantitative estimate of drug-likeness (QED) is 0.820. The third kappa shape index (κ3) is 2.60. The second-order valence-electron chi connectivity index (χ2n) is 6.10. The molecule has 1 N–H and O–H groups in total. The molecule has 0 radical (unpaired) electrons. The summed E-state index contributed by atoms with van der Waals surface area (Å²) in [5.41, 5.74) is 4.87. The molecular weight excluding hydrogens is 244 g/mol. The highest BCUT2D eigenvalue weighted by atomic mass is 15.0. The van der Waals surface area contributed by atoms with Crippen molar-refractivity contribution in [3.63, 3.8) is 0 Å². The predicted octanol–water partition coefficient (Wildman–Crippen LogP) is 4.19. The molecule has 2 aromatic carbocycles. The molecule has 0 saturated carbocycles. The molecule has 0 bridgehead atoms. The lowest BCUT2D eigenvalue weighted by Gasteiger charge is -2.29.